The van der Waals surface area contributed by atoms with E-state index in [2.05, 4.69) is 9.98 Å². The van der Waals surface area contributed by atoms with Gasteiger partial charge in [-0.2, -0.15) is 15.5 Å². The Bertz CT molecular complexity index is 1540. The van der Waals surface area contributed by atoms with E-state index in [1.807, 2.05) is 68.3 Å². The van der Waals surface area contributed by atoms with Gasteiger partial charge in [-0.25, -0.2) is 4.98 Å². The van der Waals surface area contributed by atoms with E-state index in [1.165, 1.54) is 0 Å². The van der Waals surface area contributed by atoms with Crippen molar-refractivity contribution in [1.82, 2.24) is 9.88 Å². The molecule has 0 bridgehead atoms. The fraction of sp³-hybridized carbons (Fsp3) is 0.281. The lowest BCUT2D eigenvalue weighted by Gasteiger charge is -2.17. The second-order valence-corrected chi connectivity index (χ2v) is 11.7. The number of aromatic nitrogens is 1. The molecule has 8 nitrogen and oxygen atoms in total. The molecule has 0 saturated heterocycles. The minimum atomic E-state index is -1.03. The van der Waals surface area contributed by atoms with Crippen molar-refractivity contribution in [2.45, 2.75) is 33.4 Å². The second kappa shape index (κ2) is 15.4. The predicted octanol–water partition coefficient (Wildman–Crippen LogP) is 8.24. The fourth-order valence-corrected chi connectivity index (χ4v) is 4.73. The van der Waals surface area contributed by atoms with Crippen molar-refractivity contribution in [3.63, 3.8) is 0 Å². The van der Waals surface area contributed by atoms with E-state index in [0.717, 1.165) is 5.56 Å². The van der Waals surface area contributed by atoms with Crippen LogP contribution >= 0.6 is 34.8 Å². The van der Waals surface area contributed by atoms with Crippen LogP contribution in [0, 0.1) is 40.0 Å². The Kier molecular flexibility index (Phi) is 12.0. The summed E-state index contributed by atoms with van der Waals surface area (Å²) in [7, 11) is 1.87. The number of amidine groups is 1. The number of allylic oxidation sites excluding steroid dienone is 1. The van der Waals surface area contributed by atoms with Crippen LogP contribution in [0.5, 0.6) is 11.5 Å². The smallest absolute Gasteiger partial charge is 0.311 e. The highest BCUT2D eigenvalue weighted by Gasteiger charge is 2.62. The first-order valence-electron chi connectivity index (χ1n) is 13.2. The number of nitriles is 2. The number of benzene rings is 2. The summed E-state index contributed by atoms with van der Waals surface area (Å²) in [6, 6.07) is 21.9. The van der Waals surface area contributed by atoms with Crippen LogP contribution < -0.4 is 4.74 Å². The van der Waals surface area contributed by atoms with Crippen molar-refractivity contribution >= 4 is 46.6 Å². The van der Waals surface area contributed by atoms with Crippen molar-refractivity contribution in [2.24, 2.45) is 22.2 Å². The SMILES string of the molecule is C/C(=N\C#N)N(C)Cc1ccc(Cl)nc1.CC1(C)[C@H](C(=O)OC(C#N)c2cccc(Oc3ccccc3)c2)[C@@H]1C=C(Cl)Cl. The first-order valence-corrected chi connectivity index (χ1v) is 14.3. The average molecular weight is 639 g/mol. The van der Waals surface area contributed by atoms with Crippen LogP contribution in [0.15, 0.2) is 88.5 Å². The van der Waals surface area contributed by atoms with Gasteiger partial charge < -0.3 is 14.4 Å². The number of nitrogens with zero attached hydrogens (tertiary/aromatic N) is 5. The Morgan fingerprint density at radius 1 is 1.12 bits per heavy atom. The van der Waals surface area contributed by atoms with Crippen molar-refractivity contribution < 1.29 is 14.3 Å². The predicted molar refractivity (Wildman–Crippen MR) is 167 cm³/mol. The van der Waals surface area contributed by atoms with Gasteiger partial charge in [-0.3, -0.25) is 4.79 Å². The van der Waals surface area contributed by atoms with Crippen LogP contribution in [0.3, 0.4) is 0 Å². The summed E-state index contributed by atoms with van der Waals surface area (Å²) in [5.74, 6) is 0.963. The molecule has 1 heterocycles. The molecule has 0 radical (unpaired) electrons. The summed E-state index contributed by atoms with van der Waals surface area (Å²) in [4.78, 5) is 22.1. The molecule has 3 atom stereocenters. The highest BCUT2D eigenvalue weighted by Crippen LogP contribution is 2.60. The highest BCUT2D eigenvalue weighted by atomic mass is 35.5. The van der Waals surface area contributed by atoms with Crippen LogP contribution in [-0.2, 0) is 16.1 Å². The number of esters is 1. The number of hydrogen-bond donors (Lipinski definition) is 0. The van der Waals surface area contributed by atoms with Gasteiger partial charge in [0.1, 0.15) is 33.0 Å². The van der Waals surface area contributed by atoms with E-state index in [-0.39, 0.29) is 21.7 Å². The zero-order valence-corrected chi connectivity index (χ0v) is 26.3. The van der Waals surface area contributed by atoms with Crippen LogP contribution in [-0.4, -0.2) is 28.7 Å². The molecule has 1 fully saturated rings. The third kappa shape index (κ3) is 9.73. The summed E-state index contributed by atoms with van der Waals surface area (Å²) < 4.78 is 11.4. The average Bonchev–Trinajstić information content (AvgIpc) is 3.52. The first-order chi connectivity index (χ1) is 20.5. The summed E-state index contributed by atoms with van der Waals surface area (Å²) >= 11 is 17.1. The molecule has 11 heteroatoms. The fourth-order valence-electron chi connectivity index (χ4n) is 4.34. The van der Waals surface area contributed by atoms with Crippen LogP contribution in [0.4, 0.5) is 0 Å². The number of rotatable bonds is 8. The Hall–Kier alpha value is -4.08. The molecule has 1 saturated carbocycles. The summed E-state index contributed by atoms with van der Waals surface area (Å²) in [6.07, 6.45) is 4.07. The molecule has 0 N–H and O–H groups in total. The monoisotopic (exact) mass is 637 g/mol. The van der Waals surface area contributed by atoms with Crippen LogP contribution in [0.25, 0.3) is 0 Å². The minimum absolute atomic E-state index is 0.114. The number of para-hydroxylation sites is 1. The third-order valence-electron chi connectivity index (χ3n) is 6.93. The first kappa shape index (κ1) is 33.4. The zero-order chi connectivity index (χ0) is 31.6. The molecule has 3 aromatic rings. The molecule has 0 amide bonds. The van der Waals surface area contributed by atoms with Crippen LogP contribution in [0.2, 0.25) is 5.15 Å². The quantitative estimate of drug-likeness (QED) is 0.0803. The van der Waals surface area contributed by atoms with Gasteiger partial charge in [0.15, 0.2) is 0 Å². The van der Waals surface area contributed by atoms with Gasteiger partial charge in [-0.1, -0.05) is 85.0 Å². The molecule has 2 aromatic carbocycles. The number of hydrogen-bond acceptors (Lipinski definition) is 7. The maximum atomic E-state index is 12.6. The molecule has 0 aliphatic heterocycles. The van der Waals surface area contributed by atoms with E-state index >= 15 is 0 Å². The Morgan fingerprint density at radius 2 is 1.81 bits per heavy atom. The van der Waals surface area contributed by atoms with Gasteiger partial charge in [-0.05, 0) is 60.2 Å². The van der Waals surface area contributed by atoms with Crippen molar-refractivity contribution in [2.75, 3.05) is 7.05 Å². The Morgan fingerprint density at radius 3 is 2.42 bits per heavy atom. The maximum absolute atomic E-state index is 12.6. The van der Waals surface area contributed by atoms with E-state index in [0.29, 0.717) is 34.6 Å². The number of pyridine rings is 1. The normalized spacial score (nSPS) is 17.1. The molecule has 1 unspecified atom stereocenters. The molecule has 1 aliphatic carbocycles. The molecule has 4 rings (SSSR count). The highest BCUT2D eigenvalue weighted by molar-refractivity contribution is 6.55. The van der Waals surface area contributed by atoms with Crippen molar-refractivity contribution in [1.29, 1.82) is 10.5 Å². The zero-order valence-electron chi connectivity index (χ0n) is 24.0. The molecule has 0 spiro atoms. The summed E-state index contributed by atoms with van der Waals surface area (Å²) in [6.45, 7) is 6.31. The van der Waals surface area contributed by atoms with E-state index in [1.54, 1.807) is 55.7 Å². The molecular formula is C32H30Cl3N5O3. The maximum Gasteiger partial charge on any atom is 0.311 e. The second-order valence-electron chi connectivity index (χ2n) is 10.3. The number of halogens is 3. The van der Waals surface area contributed by atoms with E-state index in [9.17, 15) is 10.1 Å². The number of ether oxygens (including phenoxy) is 2. The number of aliphatic imine (C=N–C) groups is 1. The third-order valence-corrected chi connectivity index (χ3v) is 7.41. The standard InChI is InChI=1S/C22H19Cl2NO3.C10H11ClN4/c1-22(2)17(12-19(23)24)20(22)21(26)28-18(13-25)14-7-6-10-16(11-14)27-15-8-4-3-5-9-15;1-8(14-7-12)15(2)6-9-3-4-10(11)13-5-9/h3-12,17-18,20H,1-2H3;3-5H,6H2,1-2H3/b;14-8+/t17-,18?,20-;/m0./s1. The van der Waals surface area contributed by atoms with Gasteiger partial charge in [0, 0.05) is 25.4 Å². The van der Waals surface area contributed by atoms with E-state index in [4.69, 9.17) is 49.5 Å². The van der Waals surface area contributed by atoms with Gasteiger partial charge in [-0.15, -0.1) is 0 Å². The van der Waals surface area contributed by atoms with Crippen molar-refractivity contribution in [3.05, 3.63) is 99.8 Å². The van der Waals surface area contributed by atoms with E-state index < -0.39 is 12.1 Å². The van der Waals surface area contributed by atoms with Crippen LogP contribution in [0.1, 0.15) is 38.0 Å². The lowest BCUT2D eigenvalue weighted by atomic mass is 10.1. The molecular weight excluding hydrogens is 609 g/mol. The Balaban J connectivity index is 0.000000285. The number of carbonyl (C=O) groups excluding carboxylic acids is 1. The number of carbonyl (C=O) groups is 1. The topological polar surface area (TPSA) is 112 Å². The lowest BCUT2D eigenvalue weighted by Crippen LogP contribution is -2.23. The van der Waals surface area contributed by atoms with Crippen molar-refractivity contribution in [3.8, 4) is 23.8 Å². The van der Waals surface area contributed by atoms with Gasteiger partial charge >= 0.3 is 5.97 Å². The molecule has 43 heavy (non-hydrogen) atoms. The van der Waals surface area contributed by atoms with Gasteiger partial charge in [0.05, 0.1) is 5.92 Å². The van der Waals surface area contributed by atoms with Gasteiger partial charge in [0.2, 0.25) is 12.3 Å². The molecule has 1 aliphatic rings. The minimum Gasteiger partial charge on any atom is -0.457 e. The molecule has 1 aromatic heterocycles. The largest absolute Gasteiger partial charge is 0.457 e. The summed E-state index contributed by atoms with van der Waals surface area (Å²) in [5, 5.41) is 18.4. The van der Waals surface area contributed by atoms with Gasteiger partial charge in [0.25, 0.3) is 0 Å². The Labute approximate surface area is 266 Å². The lowest BCUT2D eigenvalue weighted by molar-refractivity contribution is -0.149. The molecule has 222 valence electrons. The summed E-state index contributed by atoms with van der Waals surface area (Å²) in [5.41, 5.74) is 1.25.